The van der Waals surface area contributed by atoms with Crippen LogP contribution in [0, 0.1) is 0 Å². The van der Waals surface area contributed by atoms with Crippen LogP contribution in [-0.4, -0.2) is 66.8 Å². The Balaban J connectivity index is 1.99. The maximum atomic E-state index is 11.7. The molecule has 0 spiro atoms. The van der Waals surface area contributed by atoms with Crippen molar-refractivity contribution in [2.45, 2.75) is 20.8 Å². The number of aromatic nitrogens is 2. The van der Waals surface area contributed by atoms with Crippen LogP contribution in [0.4, 0.5) is 16.6 Å². The second-order valence-electron chi connectivity index (χ2n) is 5.06. The minimum atomic E-state index is -0.228. The van der Waals surface area contributed by atoms with Crippen LogP contribution >= 0.6 is 0 Å². The zero-order chi connectivity index (χ0) is 15.9. The van der Waals surface area contributed by atoms with E-state index in [1.165, 1.54) is 0 Å². The molecule has 1 aliphatic rings. The van der Waals surface area contributed by atoms with Crippen LogP contribution < -0.4 is 9.80 Å². The topological polar surface area (TPSA) is 61.8 Å². The van der Waals surface area contributed by atoms with E-state index < -0.39 is 0 Å². The lowest BCUT2D eigenvalue weighted by molar-refractivity contribution is 0.105. The fraction of sp³-hybridized carbons (Fsp3) is 0.667. The predicted molar refractivity (Wildman–Crippen MR) is 86.4 cm³/mol. The zero-order valence-corrected chi connectivity index (χ0v) is 13.7. The largest absolute Gasteiger partial charge is 0.450 e. The van der Waals surface area contributed by atoms with Crippen molar-refractivity contribution in [2.24, 2.45) is 0 Å². The zero-order valence-electron chi connectivity index (χ0n) is 13.7. The summed E-state index contributed by atoms with van der Waals surface area (Å²) in [5.74, 6) is 1.68. The van der Waals surface area contributed by atoms with Crippen molar-refractivity contribution in [3.63, 3.8) is 0 Å². The Bertz CT molecular complexity index is 485. The van der Waals surface area contributed by atoms with Gasteiger partial charge in [-0.3, -0.25) is 0 Å². The monoisotopic (exact) mass is 307 g/mol. The van der Waals surface area contributed by atoms with E-state index in [0.29, 0.717) is 19.7 Å². The lowest BCUT2D eigenvalue weighted by atomic mass is 10.3. The van der Waals surface area contributed by atoms with E-state index in [9.17, 15) is 4.79 Å². The van der Waals surface area contributed by atoms with Gasteiger partial charge < -0.3 is 19.4 Å². The van der Waals surface area contributed by atoms with Gasteiger partial charge in [0.2, 0.25) is 5.95 Å². The molecular formula is C15H25N5O2. The number of amides is 1. The molecule has 0 aliphatic carbocycles. The van der Waals surface area contributed by atoms with Gasteiger partial charge in [0.15, 0.2) is 0 Å². The third-order valence-corrected chi connectivity index (χ3v) is 3.80. The molecule has 22 heavy (non-hydrogen) atoms. The highest BCUT2D eigenvalue weighted by atomic mass is 16.6. The molecule has 1 aromatic heterocycles. The first kappa shape index (κ1) is 16.3. The minimum absolute atomic E-state index is 0.228. The van der Waals surface area contributed by atoms with Crippen molar-refractivity contribution in [1.82, 2.24) is 14.9 Å². The highest BCUT2D eigenvalue weighted by molar-refractivity contribution is 5.68. The van der Waals surface area contributed by atoms with Crippen molar-refractivity contribution in [2.75, 3.05) is 55.7 Å². The standard InChI is InChI=1S/C15H25N5O2/c1-4-18(5-2)14-16-8-7-13(17-14)19-9-11-20(12-10-19)15(21)22-6-3/h7-8H,4-6,9-12H2,1-3H3. The molecule has 7 heteroatoms. The minimum Gasteiger partial charge on any atom is -0.450 e. The average Bonchev–Trinajstić information content (AvgIpc) is 2.57. The maximum absolute atomic E-state index is 11.7. The molecule has 2 heterocycles. The summed E-state index contributed by atoms with van der Waals surface area (Å²) in [6, 6.07) is 1.92. The molecule has 0 saturated carbocycles. The molecule has 0 atom stereocenters. The first-order chi connectivity index (χ1) is 10.7. The van der Waals surface area contributed by atoms with E-state index in [0.717, 1.165) is 37.9 Å². The number of carbonyl (C=O) groups excluding carboxylic acids is 1. The van der Waals surface area contributed by atoms with Gasteiger partial charge >= 0.3 is 6.09 Å². The van der Waals surface area contributed by atoms with E-state index in [4.69, 9.17) is 4.74 Å². The molecule has 7 nitrogen and oxygen atoms in total. The number of anilines is 2. The smallest absolute Gasteiger partial charge is 0.409 e. The summed E-state index contributed by atoms with van der Waals surface area (Å²) < 4.78 is 5.04. The van der Waals surface area contributed by atoms with Gasteiger partial charge in [-0.2, -0.15) is 4.98 Å². The number of carbonyl (C=O) groups is 1. The molecule has 0 radical (unpaired) electrons. The van der Waals surface area contributed by atoms with Gasteiger partial charge in [0.25, 0.3) is 0 Å². The molecule has 122 valence electrons. The van der Waals surface area contributed by atoms with Crippen LogP contribution in [0.3, 0.4) is 0 Å². The molecule has 1 amide bonds. The number of hydrogen-bond donors (Lipinski definition) is 0. The van der Waals surface area contributed by atoms with E-state index in [2.05, 4.69) is 33.6 Å². The number of nitrogens with zero attached hydrogens (tertiary/aromatic N) is 5. The van der Waals surface area contributed by atoms with Crippen molar-refractivity contribution < 1.29 is 9.53 Å². The van der Waals surface area contributed by atoms with Crippen LogP contribution in [-0.2, 0) is 4.74 Å². The Morgan fingerprint density at radius 1 is 1.23 bits per heavy atom. The molecule has 1 fully saturated rings. The normalized spacial score (nSPS) is 14.9. The number of piperazine rings is 1. The molecule has 2 rings (SSSR count). The summed E-state index contributed by atoms with van der Waals surface area (Å²) >= 11 is 0. The van der Waals surface area contributed by atoms with E-state index in [1.54, 1.807) is 11.1 Å². The summed E-state index contributed by atoms with van der Waals surface area (Å²) in [6.07, 6.45) is 1.57. The lowest BCUT2D eigenvalue weighted by Crippen LogP contribution is -2.49. The van der Waals surface area contributed by atoms with Crippen LogP contribution in [0.25, 0.3) is 0 Å². The maximum Gasteiger partial charge on any atom is 0.409 e. The quantitative estimate of drug-likeness (QED) is 0.823. The van der Waals surface area contributed by atoms with Crippen LogP contribution in [0.2, 0.25) is 0 Å². The SMILES string of the molecule is CCOC(=O)N1CCN(c2ccnc(N(CC)CC)n2)CC1. The highest BCUT2D eigenvalue weighted by Crippen LogP contribution is 2.17. The van der Waals surface area contributed by atoms with Crippen LogP contribution in [0.1, 0.15) is 20.8 Å². The molecule has 1 aliphatic heterocycles. The van der Waals surface area contributed by atoms with Gasteiger partial charge in [0.1, 0.15) is 5.82 Å². The Hall–Kier alpha value is -2.05. The Labute approximate surface area is 131 Å². The summed E-state index contributed by atoms with van der Waals surface area (Å²) in [6.45, 7) is 11.0. The number of rotatable bonds is 5. The number of ether oxygens (including phenoxy) is 1. The van der Waals surface area contributed by atoms with Gasteiger partial charge in [-0.1, -0.05) is 0 Å². The summed E-state index contributed by atoms with van der Waals surface area (Å²) in [7, 11) is 0. The second-order valence-corrected chi connectivity index (χ2v) is 5.06. The number of hydrogen-bond acceptors (Lipinski definition) is 6. The molecule has 0 unspecified atom stereocenters. The Morgan fingerprint density at radius 2 is 1.91 bits per heavy atom. The first-order valence-corrected chi connectivity index (χ1v) is 7.94. The summed E-state index contributed by atoms with van der Waals surface area (Å²) in [5.41, 5.74) is 0. The van der Waals surface area contributed by atoms with Gasteiger partial charge in [-0.15, -0.1) is 0 Å². The predicted octanol–water partition coefficient (Wildman–Crippen LogP) is 1.60. The van der Waals surface area contributed by atoms with E-state index >= 15 is 0 Å². The molecule has 0 aromatic carbocycles. The van der Waals surface area contributed by atoms with Gasteiger partial charge in [0.05, 0.1) is 6.61 Å². The Kier molecular flexibility index (Phi) is 5.80. The summed E-state index contributed by atoms with van der Waals surface area (Å²) in [5, 5.41) is 0. The third-order valence-electron chi connectivity index (χ3n) is 3.80. The van der Waals surface area contributed by atoms with Gasteiger partial charge in [-0.05, 0) is 26.8 Å². The molecule has 0 N–H and O–H groups in total. The molecule has 0 bridgehead atoms. The second kappa shape index (κ2) is 7.82. The molecule has 1 aromatic rings. The Morgan fingerprint density at radius 3 is 2.50 bits per heavy atom. The van der Waals surface area contributed by atoms with Crippen molar-refractivity contribution in [3.05, 3.63) is 12.3 Å². The van der Waals surface area contributed by atoms with Gasteiger partial charge in [-0.25, -0.2) is 9.78 Å². The lowest BCUT2D eigenvalue weighted by Gasteiger charge is -2.35. The van der Waals surface area contributed by atoms with E-state index in [-0.39, 0.29) is 6.09 Å². The van der Waals surface area contributed by atoms with Crippen molar-refractivity contribution >= 4 is 17.9 Å². The first-order valence-electron chi connectivity index (χ1n) is 7.94. The van der Waals surface area contributed by atoms with Crippen LogP contribution in [0.5, 0.6) is 0 Å². The summed E-state index contributed by atoms with van der Waals surface area (Å²) in [4.78, 5) is 26.8. The van der Waals surface area contributed by atoms with Crippen molar-refractivity contribution in [3.8, 4) is 0 Å². The fourth-order valence-corrected chi connectivity index (χ4v) is 2.51. The van der Waals surface area contributed by atoms with Crippen LogP contribution in [0.15, 0.2) is 12.3 Å². The highest BCUT2D eigenvalue weighted by Gasteiger charge is 2.23. The average molecular weight is 307 g/mol. The van der Waals surface area contributed by atoms with Gasteiger partial charge in [0, 0.05) is 45.5 Å². The van der Waals surface area contributed by atoms with Crippen molar-refractivity contribution in [1.29, 1.82) is 0 Å². The molecular weight excluding hydrogens is 282 g/mol. The third kappa shape index (κ3) is 3.78. The van der Waals surface area contributed by atoms with E-state index in [1.807, 2.05) is 13.0 Å². The molecule has 1 saturated heterocycles. The fourth-order valence-electron chi connectivity index (χ4n) is 2.51.